The van der Waals surface area contributed by atoms with E-state index in [4.69, 9.17) is 14.5 Å². The van der Waals surface area contributed by atoms with Gasteiger partial charge in [-0.1, -0.05) is 24.8 Å². The monoisotopic (exact) mass is 484 g/mol. The summed E-state index contributed by atoms with van der Waals surface area (Å²) in [6, 6.07) is 7.91. The number of fused-ring (bicyclic) bond motifs is 2. The Labute approximate surface area is 205 Å². The van der Waals surface area contributed by atoms with Crippen molar-refractivity contribution in [1.29, 1.82) is 0 Å². The Morgan fingerprint density at radius 2 is 2.00 bits per heavy atom. The number of ether oxygens (including phenoxy) is 2. The average molecular weight is 485 g/mol. The summed E-state index contributed by atoms with van der Waals surface area (Å²) in [5.74, 6) is -1.34. The van der Waals surface area contributed by atoms with Crippen LogP contribution in [0.1, 0.15) is 82.0 Å². The Bertz CT molecular complexity index is 1110. The summed E-state index contributed by atoms with van der Waals surface area (Å²) in [5.41, 5.74) is 0.935. The number of hydrogen-bond acceptors (Lipinski definition) is 4. The van der Waals surface area contributed by atoms with E-state index in [9.17, 15) is 9.18 Å². The molecule has 2 unspecified atom stereocenters. The van der Waals surface area contributed by atoms with Gasteiger partial charge in [0.15, 0.2) is 11.6 Å². The number of nitrogens with one attached hydrogen (secondary N) is 1. The minimum Gasteiger partial charge on any atom is -0.499 e. The molecule has 0 bridgehead atoms. The third-order valence-corrected chi connectivity index (χ3v) is 7.03. The maximum atomic E-state index is 15.1. The number of pyridine rings is 1. The van der Waals surface area contributed by atoms with E-state index in [1.165, 1.54) is 0 Å². The first-order chi connectivity index (χ1) is 16.6. The highest BCUT2D eigenvalue weighted by Crippen LogP contribution is 2.63. The predicted octanol–water partition coefficient (Wildman–Crippen LogP) is 6.50. The van der Waals surface area contributed by atoms with Gasteiger partial charge in [0.2, 0.25) is 0 Å². The first-order valence-corrected chi connectivity index (χ1v) is 12.3. The van der Waals surface area contributed by atoms with Gasteiger partial charge in [-0.15, -0.1) is 0 Å². The van der Waals surface area contributed by atoms with Gasteiger partial charge >= 0.3 is 6.09 Å². The molecule has 4 rings (SSSR count). The Morgan fingerprint density at radius 3 is 2.71 bits per heavy atom. The van der Waals surface area contributed by atoms with Crippen LogP contribution in [0.15, 0.2) is 48.9 Å². The standard InChI is InChI=1S/C28H34F2N2O3/c1-6-34-17(2)15-18-12-13-20(19-9-7-11-22(29)24(19)30)28(21-10-8-14-31-25(18)21)16-23(28)32-26(33)35-27(3,4)5/h7-11,14,18,20,23H,2,6,12-13,15-16H2,1,3-5H3,(H,32,33)/t18-,20+,23?,28?/m1/s1. The zero-order chi connectivity index (χ0) is 25.4. The third kappa shape index (κ3) is 5.04. The molecule has 0 aliphatic heterocycles. The van der Waals surface area contributed by atoms with E-state index < -0.39 is 28.7 Å². The van der Waals surface area contributed by atoms with Crippen molar-refractivity contribution in [3.63, 3.8) is 0 Å². The van der Waals surface area contributed by atoms with Crippen LogP contribution in [0.25, 0.3) is 0 Å². The van der Waals surface area contributed by atoms with Crippen LogP contribution in [0, 0.1) is 11.6 Å². The molecule has 1 fully saturated rings. The van der Waals surface area contributed by atoms with Gasteiger partial charge in [0.05, 0.1) is 12.4 Å². The number of allylic oxidation sites excluding steroid dienone is 1. The number of halogens is 2. The fraction of sp³-hybridized carbons (Fsp3) is 0.500. The first kappa shape index (κ1) is 25.1. The number of benzene rings is 1. The topological polar surface area (TPSA) is 60.5 Å². The lowest BCUT2D eigenvalue weighted by Gasteiger charge is -2.29. The summed E-state index contributed by atoms with van der Waals surface area (Å²) < 4.78 is 40.6. The molecule has 188 valence electrons. The molecule has 5 nitrogen and oxygen atoms in total. The summed E-state index contributed by atoms with van der Waals surface area (Å²) >= 11 is 0. The lowest BCUT2D eigenvalue weighted by molar-refractivity contribution is 0.0518. The van der Waals surface area contributed by atoms with Crippen molar-refractivity contribution < 1.29 is 23.0 Å². The van der Waals surface area contributed by atoms with Crippen LogP contribution in [0.4, 0.5) is 13.6 Å². The van der Waals surface area contributed by atoms with Crippen molar-refractivity contribution in [2.45, 2.75) is 82.3 Å². The molecule has 0 saturated heterocycles. The SMILES string of the molecule is C=C(C[C@H]1CC[C@@H](c2cccc(F)c2F)C2(CC2NC(=O)OC(C)(C)C)c2cccnc21)OCC. The Morgan fingerprint density at radius 1 is 1.23 bits per heavy atom. The zero-order valence-electron chi connectivity index (χ0n) is 20.9. The van der Waals surface area contributed by atoms with Crippen LogP contribution in [0.2, 0.25) is 0 Å². The van der Waals surface area contributed by atoms with E-state index in [-0.39, 0.29) is 17.9 Å². The highest BCUT2D eigenvalue weighted by Gasteiger charge is 2.63. The van der Waals surface area contributed by atoms with Crippen molar-refractivity contribution in [2.75, 3.05) is 6.61 Å². The molecule has 1 heterocycles. The summed E-state index contributed by atoms with van der Waals surface area (Å²) in [6.45, 7) is 11.9. The van der Waals surface area contributed by atoms with Crippen molar-refractivity contribution >= 4 is 6.09 Å². The third-order valence-electron chi connectivity index (χ3n) is 7.03. The Balaban J connectivity index is 1.77. The average Bonchev–Trinajstić information content (AvgIpc) is 3.50. The molecule has 1 N–H and O–H groups in total. The number of carbonyl (C=O) groups excluding carboxylic acids is 1. The Kier molecular flexibility index (Phi) is 6.89. The molecule has 1 aromatic heterocycles. The molecule has 1 spiro atoms. The van der Waals surface area contributed by atoms with Gasteiger partial charge in [0.25, 0.3) is 0 Å². The summed E-state index contributed by atoms with van der Waals surface area (Å²) in [4.78, 5) is 17.4. The van der Waals surface area contributed by atoms with Crippen LogP contribution >= 0.6 is 0 Å². The van der Waals surface area contributed by atoms with E-state index in [2.05, 4.69) is 11.9 Å². The predicted molar refractivity (Wildman–Crippen MR) is 130 cm³/mol. The molecule has 0 radical (unpaired) electrons. The van der Waals surface area contributed by atoms with Gasteiger partial charge in [0, 0.05) is 35.7 Å². The Hall–Kier alpha value is -2.96. The highest BCUT2D eigenvalue weighted by atomic mass is 19.2. The van der Waals surface area contributed by atoms with E-state index in [1.54, 1.807) is 39.1 Å². The number of carbonyl (C=O) groups is 1. The van der Waals surface area contributed by atoms with Gasteiger partial charge < -0.3 is 14.8 Å². The number of aromatic nitrogens is 1. The molecular weight excluding hydrogens is 450 g/mol. The minimum absolute atomic E-state index is 0.0199. The van der Waals surface area contributed by atoms with Crippen molar-refractivity contribution in [3.05, 3.63) is 77.3 Å². The van der Waals surface area contributed by atoms with Gasteiger partial charge in [-0.05, 0) is 76.1 Å². The molecular formula is C28H34F2N2O3. The summed E-state index contributed by atoms with van der Waals surface area (Å²) in [6.07, 6.45) is 3.73. The number of rotatable bonds is 6. The zero-order valence-corrected chi connectivity index (χ0v) is 20.9. The normalized spacial score (nSPS) is 25.4. The van der Waals surface area contributed by atoms with Crippen LogP contribution < -0.4 is 5.32 Å². The van der Waals surface area contributed by atoms with Crippen molar-refractivity contribution in [3.8, 4) is 0 Å². The van der Waals surface area contributed by atoms with Gasteiger partial charge in [-0.2, -0.15) is 0 Å². The van der Waals surface area contributed by atoms with Gasteiger partial charge in [-0.25, -0.2) is 13.6 Å². The van der Waals surface area contributed by atoms with Crippen LogP contribution in [-0.4, -0.2) is 29.3 Å². The van der Waals surface area contributed by atoms with E-state index in [1.807, 2.05) is 19.1 Å². The quantitative estimate of drug-likeness (QED) is 0.476. The molecule has 7 heteroatoms. The van der Waals surface area contributed by atoms with E-state index >= 15 is 4.39 Å². The fourth-order valence-corrected chi connectivity index (χ4v) is 5.64. The van der Waals surface area contributed by atoms with Crippen molar-refractivity contribution in [1.82, 2.24) is 10.3 Å². The number of amides is 1. The molecule has 4 atom stereocenters. The highest BCUT2D eigenvalue weighted by molar-refractivity contribution is 5.70. The lowest BCUT2D eigenvalue weighted by Crippen LogP contribution is -2.38. The number of nitrogens with zero attached hydrogens (tertiary/aromatic N) is 1. The lowest BCUT2D eigenvalue weighted by atomic mass is 9.76. The first-order valence-electron chi connectivity index (χ1n) is 12.3. The smallest absolute Gasteiger partial charge is 0.407 e. The maximum Gasteiger partial charge on any atom is 0.407 e. The van der Waals surface area contributed by atoms with Crippen molar-refractivity contribution in [2.24, 2.45) is 0 Å². The molecule has 1 saturated carbocycles. The minimum atomic E-state index is -0.869. The molecule has 2 aliphatic carbocycles. The van der Waals surface area contributed by atoms with Gasteiger partial charge in [-0.3, -0.25) is 4.98 Å². The fourth-order valence-electron chi connectivity index (χ4n) is 5.64. The molecule has 1 amide bonds. The van der Waals surface area contributed by atoms with E-state index in [0.717, 1.165) is 17.3 Å². The molecule has 35 heavy (non-hydrogen) atoms. The largest absolute Gasteiger partial charge is 0.499 e. The second kappa shape index (κ2) is 9.59. The molecule has 1 aromatic carbocycles. The molecule has 2 aromatic rings. The van der Waals surface area contributed by atoms with Crippen LogP contribution in [0.3, 0.4) is 0 Å². The second-order valence-corrected chi connectivity index (χ2v) is 10.5. The van der Waals surface area contributed by atoms with Gasteiger partial charge in [0.1, 0.15) is 5.60 Å². The second-order valence-electron chi connectivity index (χ2n) is 10.5. The van der Waals surface area contributed by atoms with Crippen LogP contribution in [0.5, 0.6) is 0 Å². The summed E-state index contributed by atoms with van der Waals surface area (Å²) in [5, 5.41) is 3.00. The maximum absolute atomic E-state index is 15.1. The number of hydrogen-bond donors (Lipinski definition) is 1. The number of alkyl carbamates (subject to hydrolysis) is 1. The molecule has 2 aliphatic rings. The van der Waals surface area contributed by atoms with Crippen LogP contribution in [-0.2, 0) is 14.9 Å². The van der Waals surface area contributed by atoms with E-state index in [0.29, 0.717) is 43.6 Å². The summed E-state index contributed by atoms with van der Waals surface area (Å²) in [7, 11) is 0.